The summed E-state index contributed by atoms with van der Waals surface area (Å²) >= 11 is 0. The standard InChI is InChI=1S/C22H14O6.2C3H7NO/c23-19(13-7-3-1-4-8-13)15-11-18(22(27)28)16(12-17(15)21(25)26)20(24)14-9-5-2-6-10-14;2*1-4(2)3-5/h1-12H,(H,25,26)(H,27,28);2*3H,1-2H3. The van der Waals surface area contributed by atoms with E-state index in [4.69, 9.17) is 0 Å². The number of carboxylic acids is 2. The number of nitrogens with zero attached hydrogens (tertiary/aromatic N) is 2. The van der Waals surface area contributed by atoms with Gasteiger partial charge in [-0.25, -0.2) is 9.59 Å². The van der Waals surface area contributed by atoms with E-state index in [0.29, 0.717) is 0 Å². The van der Waals surface area contributed by atoms with Crippen molar-refractivity contribution in [3.05, 3.63) is 106 Å². The van der Waals surface area contributed by atoms with Crippen molar-refractivity contribution in [2.45, 2.75) is 0 Å². The van der Waals surface area contributed by atoms with E-state index >= 15 is 0 Å². The molecule has 3 aromatic carbocycles. The minimum absolute atomic E-state index is 0.212. The Morgan fingerprint density at radius 3 is 1.03 bits per heavy atom. The van der Waals surface area contributed by atoms with Crippen molar-refractivity contribution in [2.75, 3.05) is 28.2 Å². The highest BCUT2D eigenvalue weighted by atomic mass is 16.4. The van der Waals surface area contributed by atoms with Crippen molar-refractivity contribution in [1.29, 1.82) is 0 Å². The van der Waals surface area contributed by atoms with Crippen molar-refractivity contribution in [2.24, 2.45) is 0 Å². The van der Waals surface area contributed by atoms with Gasteiger partial charge in [-0.15, -0.1) is 0 Å². The lowest BCUT2D eigenvalue weighted by atomic mass is 9.90. The van der Waals surface area contributed by atoms with Gasteiger partial charge in [0.05, 0.1) is 11.1 Å². The van der Waals surface area contributed by atoms with Gasteiger partial charge in [0, 0.05) is 50.4 Å². The second kappa shape index (κ2) is 15.1. The third kappa shape index (κ3) is 9.15. The van der Waals surface area contributed by atoms with Crippen LogP contribution in [0.25, 0.3) is 0 Å². The predicted octanol–water partition coefficient (Wildman–Crippen LogP) is 2.95. The van der Waals surface area contributed by atoms with Crippen LogP contribution in [0.15, 0.2) is 72.8 Å². The molecule has 198 valence electrons. The quantitative estimate of drug-likeness (QED) is 0.340. The molecule has 0 aromatic heterocycles. The molecule has 0 radical (unpaired) electrons. The maximum atomic E-state index is 12.8. The Kier molecular flexibility index (Phi) is 12.3. The van der Waals surface area contributed by atoms with Crippen LogP contribution in [-0.2, 0) is 9.59 Å². The molecule has 0 atom stereocenters. The highest BCUT2D eigenvalue weighted by Gasteiger charge is 2.26. The SMILES string of the molecule is CN(C)C=O.CN(C)C=O.O=C(O)c1cc(C(=O)c2ccccc2)c(C(=O)O)cc1C(=O)c1ccccc1. The molecule has 3 rings (SSSR count). The topological polar surface area (TPSA) is 149 Å². The molecule has 2 N–H and O–H groups in total. The van der Waals surface area contributed by atoms with Crippen LogP contribution in [0.1, 0.15) is 52.6 Å². The molecule has 0 bridgehead atoms. The number of aromatic carboxylic acids is 2. The molecule has 0 heterocycles. The van der Waals surface area contributed by atoms with E-state index in [0.717, 1.165) is 25.0 Å². The molecule has 0 spiro atoms. The first-order chi connectivity index (χ1) is 17.9. The first kappa shape index (κ1) is 30.9. The molecule has 0 saturated heterocycles. The lowest BCUT2D eigenvalue weighted by Gasteiger charge is -2.12. The zero-order valence-corrected chi connectivity index (χ0v) is 21.3. The number of carbonyl (C=O) groups excluding carboxylic acids is 4. The van der Waals surface area contributed by atoms with Crippen molar-refractivity contribution in [1.82, 2.24) is 9.80 Å². The van der Waals surface area contributed by atoms with Gasteiger partial charge >= 0.3 is 11.9 Å². The van der Waals surface area contributed by atoms with E-state index in [2.05, 4.69) is 0 Å². The van der Waals surface area contributed by atoms with E-state index in [1.54, 1.807) is 64.6 Å². The van der Waals surface area contributed by atoms with Gasteiger partial charge in [-0.1, -0.05) is 60.7 Å². The number of carboxylic acid groups (broad SMARTS) is 2. The summed E-state index contributed by atoms with van der Waals surface area (Å²) in [6.45, 7) is 0. The Bertz CT molecular complexity index is 1190. The maximum Gasteiger partial charge on any atom is 0.336 e. The zero-order valence-electron chi connectivity index (χ0n) is 21.3. The fourth-order valence-electron chi connectivity index (χ4n) is 2.82. The van der Waals surface area contributed by atoms with Crippen LogP contribution in [-0.4, -0.2) is 84.5 Å². The fraction of sp³-hybridized carbons (Fsp3) is 0.143. The third-order valence-electron chi connectivity index (χ3n) is 4.60. The first-order valence-corrected chi connectivity index (χ1v) is 11.0. The second-order valence-corrected chi connectivity index (χ2v) is 8.08. The van der Waals surface area contributed by atoms with Crippen LogP contribution in [0.2, 0.25) is 0 Å². The van der Waals surface area contributed by atoms with Crippen LogP contribution < -0.4 is 0 Å². The molecule has 38 heavy (non-hydrogen) atoms. The van der Waals surface area contributed by atoms with Gasteiger partial charge in [0.2, 0.25) is 12.8 Å². The van der Waals surface area contributed by atoms with Gasteiger partial charge in [-0.3, -0.25) is 19.2 Å². The molecular weight excluding hydrogens is 492 g/mol. The number of hydrogen-bond acceptors (Lipinski definition) is 6. The van der Waals surface area contributed by atoms with Crippen LogP contribution in [0.5, 0.6) is 0 Å². The normalized spacial score (nSPS) is 9.37. The summed E-state index contributed by atoms with van der Waals surface area (Å²) in [5, 5.41) is 19.1. The van der Waals surface area contributed by atoms with Gasteiger partial charge in [-0.2, -0.15) is 0 Å². The summed E-state index contributed by atoms with van der Waals surface area (Å²) in [5.74, 6) is -4.14. The van der Waals surface area contributed by atoms with Gasteiger partial charge in [0.15, 0.2) is 11.6 Å². The van der Waals surface area contributed by atoms with Crippen LogP contribution in [0, 0.1) is 0 Å². The molecule has 0 aliphatic heterocycles. The number of benzene rings is 3. The van der Waals surface area contributed by atoms with Gasteiger partial charge in [0.1, 0.15) is 0 Å². The van der Waals surface area contributed by atoms with Gasteiger partial charge in [0.25, 0.3) is 0 Å². The maximum absolute atomic E-state index is 12.8. The van der Waals surface area contributed by atoms with Crippen LogP contribution in [0.4, 0.5) is 0 Å². The second-order valence-electron chi connectivity index (χ2n) is 8.08. The molecule has 2 amide bonds. The highest BCUT2D eigenvalue weighted by Crippen LogP contribution is 2.23. The monoisotopic (exact) mass is 520 g/mol. The Morgan fingerprint density at radius 1 is 0.553 bits per heavy atom. The van der Waals surface area contributed by atoms with E-state index in [9.17, 15) is 39.0 Å². The number of amides is 2. The van der Waals surface area contributed by atoms with Crippen molar-refractivity contribution in [3.8, 4) is 0 Å². The number of rotatable bonds is 8. The summed E-state index contributed by atoms with van der Waals surface area (Å²) in [5.41, 5.74) is -1.02. The molecule has 3 aromatic rings. The minimum atomic E-state index is -1.43. The van der Waals surface area contributed by atoms with Gasteiger partial charge in [-0.05, 0) is 12.1 Å². The third-order valence-corrected chi connectivity index (χ3v) is 4.60. The van der Waals surface area contributed by atoms with Crippen LogP contribution in [0.3, 0.4) is 0 Å². The van der Waals surface area contributed by atoms with Crippen molar-refractivity contribution in [3.63, 3.8) is 0 Å². The fourth-order valence-corrected chi connectivity index (χ4v) is 2.82. The molecular formula is C28H28N2O8. The van der Waals surface area contributed by atoms with Gasteiger partial charge < -0.3 is 20.0 Å². The molecule has 0 unspecified atom stereocenters. The molecule has 10 nitrogen and oxygen atoms in total. The van der Waals surface area contributed by atoms with Crippen molar-refractivity contribution >= 4 is 36.3 Å². The predicted molar refractivity (Wildman–Crippen MR) is 140 cm³/mol. The Hall–Kier alpha value is -5.12. The zero-order chi connectivity index (χ0) is 28.8. The highest BCUT2D eigenvalue weighted by molar-refractivity contribution is 6.19. The minimum Gasteiger partial charge on any atom is -0.478 e. The van der Waals surface area contributed by atoms with Crippen molar-refractivity contribution < 1.29 is 39.0 Å². The number of ketones is 2. The van der Waals surface area contributed by atoms with E-state index < -0.39 is 34.6 Å². The summed E-state index contributed by atoms with van der Waals surface area (Å²) in [7, 11) is 6.75. The summed E-state index contributed by atoms with van der Waals surface area (Å²) in [4.78, 5) is 70.7. The average molecular weight is 521 g/mol. The summed E-state index contributed by atoms with van der Waals surface area (Å²) in [6.07, 6.45) is 1.50. The Morgan fingerprint density at radius 2 is 0.816 bits per heavy atom. The van der Waals surface area contributed by atoms with E-state index in [-0.39, 0.29) is 22.3 Å². The molecule has 0 aliphatic rings. The largest absolute Gasteiger partial charge is 0.478 e. The summed E-state index contributed by atoms with van der Waals surface area (Å²) < 4.78 is 0. The van der Waals surface area contributed by atoms with Crippen LogP contribution >= 0.6 is 0 Å². The molecule has 0 saturated carbocycles. The molecule has 10 heteroatoms. The Labute approximate surface area is 219 Å². The number of carbonyl (C=O) groups is 6. The number of hydrogen-bond donors (Lipinski definition) is 2. The Balaban J connectivity index is 0.000000616. The molecule has 0 fully saturated rings. The smallest absolute Gasteiger partial charge is 0.336 e. The summed E-state index contributed by atoms with van der Waals surface area (Å²) in [6, 6.07) is 17.7. The molecule has 0 aliphatic carbocycles. The van der Waals surface area contributed by atoms with E-state index in [1.165, 1.54) is 34.1 Å². The first-order valence-electron chi connectivity index (χ1n) is 11.0. The lowest BCUT2D eigenvalue weighted by molar-refractivity contribution is -0.116. The lowest BCUT2D eigenvalue weighted by Crippen LogP contribution is -2.17. The van der Waals surface area contributed by atoms with E-state index in [1.807, 2.05) is 0 Å². The average Bonchev–Trinajstić information content (AvgIpc) is 2.92.